The summed E-state index contributed by atoms with van der Waals surface area (Å²) in [5.41, 5.74) is 0.369. The minimum absolute atomic E-state index is 0.105. The van der Waals surface area contributed by atoms with Gasteiger partial charge in [0.15, 0.2) is 0 Å². The van der Waals surface area contributed by atoms with E-state index in [1.165, 1.54) is 0 Å². The molecule has 0 aliphatic heterocycles. The minimum Gasteiger partial charge on any atom is -0.325 e. The normalized spacial score (nSPS) is 8.60. The lowest BCUT2D eigenvalue weighted by Crippen LogP contribution is -2.20. The molecule has 0 rings (SSSR count). The fourth-order valence-electron chi connectivity index (χ4n) is 0.324. The van der Waals surface area contributed by atoms with E-state index in [9.17, 15) is 4.79 Å². The van der Waals surface area contributed by atoms with Gasteiger partial charge in [0.1, 0.15) is 0 Å². The molecule has 0 fully saturated rings. The van der Waals surface area contributed by atoms with Gasteiger partial charge in [0.05, 0.1) is 10.7 Å². The molecule has 0 bridgehead atoms. The molecule has 0 aliphatic carbocycles. The molecule has 1 N–H and O–H groups in total. The highest BCUT2D eigenvalue weighted by atomic mass is 35.5. The van der Waals surface area contributed by atoms with Crippen LogP contribution in [-0.4, -0.2) is 5.91 Å². The van der Waals surface area contributed by atoms with Crippen molar-refractivity contribution >= 4 is 17.5 Å². The van der Waals surface area contributed by atoms with Crippen LogP contribution < -0.4 is 5.32 Å². The number of hydrogen-bond donors (Lipinski definition) is 1. The Morgan fingerprint density at radius 2 is 2.10 bits per heavy atom. The van der Waals surface area contributed by atoms with Crippen LogP contribution in [0.5, 0.6) is 0 Å². The lowest BCUT2D eigenvalue weighted by Gasteiger charge is -2.03. The minimum atomic E-state index is -0.105. The quantitative estimate of drug-likeness (QED) is 0.625. The lowest BCUT2D eigenvalue weighted by atomic mass is 10.4. The van der Waals surface area contributed by atoms with E-state index >= 15 is 0 Å². The molecular weight excluding hydrogens is 150 g/mol. The van der Waals surface area contributed by atoms with Crippen molar-refractivity contribution in [3.05, 3.63) is 23.9 Å². The Labute approximate surface area is 65.6 Å². The molecule has 1 amide bonds. The number of carbonyl (C=O) groups is 1. The zero-order valence-electron chi connectivity index (χ0n) is 5.91. The van der Waals surface area contributed by atoms with Gasteiger partial charge >= 0.3 is 0 Å². The summed E-state index contributed by atoms with van der Waals surface area (Å²) in [7, 11) is 0. The first-order valence-electron chi connectivity index (χ1n) is 2.91. The summed E-state index contributed by atoms with van der Waals surface area (Å²) in [6, 6.07) is 0. The van der Waals surface area contributed by atoms with Gasteiger partial charge in [0, 0.05) is 6.42 Å². The molecule has 0 spiro atoms. The molecule has 0 aromatic rings. The maximum absolute atomic E-state index is 10.7. The van der Waals surface area contributed by atoms with Gasteiger partial charge in [-0.1, -0.05) is 31.7 Å². The standard InChI is InChI=1S/C7H10ClNO/c1-4-7(10)9-6(3)5(2)8/h2-4H2,1H3,(H,9,10). The van der Waals surface area contributed by atoms with Crippen molar-refractivity contribution in [1.29, 1.82) is 0 Å². The van der Waals surface area contributed by atoms with Gasteiger partial charge < -0.3 is 5.32 Å². The van der Waals surface area contributed by atoms with Crippen molar-refractivity contribution < 1.29 is 4.79 Å². The first kappa shape index (κ1) is 9.24. The molecular formula is C7H10ClNO. The predicted molar refractivity (Wildman–Crippen MR) is 42.6 cm³/mol. The molecule has 0 unspecified atom stereocenters. The molecule has 0 radical (unpaired) electrons. The van der Waals surface area contributed by atoms with Crippen molar-refractivity contribution in [2.45, 2.75) is 13.3 Å². The van der Waals surface area contributed by atoms with E-state index in [2.05, 4.69) is 18.5 Å². The van der Waals surface area contributed by atoms with Crippen molar-refractivity contribution in [3.63, 3.8) is 0 Å². The number of nitrogens with one attached hydrogen (secondary N) is 1. The Morgan fingerprint density at radius 3 is 2.40 bits per heavy atom. The Morgan fingerprint density at radius 1 is 1.60 bits per heavy atom. The van der Waals surface area contributed by atoms with Gasteiger partial charge in [0.2, 0.25) is 5.91 Å². The summed E-state index contributed by atoms with van der Waals surface area (Å²) in [5.74, 6) is -0.105. The van der Waals surface area contributed by atoms with E-state index in [0.29, 0.717) is 12.1 Å². The average molecular weight is 160 g/mol. The highest BCUT2D eigenvalue weighted by molar-refractivity contribution is 6.31. The highest BCUT2D eigenvalue weighted by Gasteiger charge is 1.99. The molecule has 0 aromatic heterocycles. The molecule has 0 saturated heterocycles. The largest absolute Gasteiger partial charge is 0.325 e. The van der Waals surface area contributed by atoms with Gasteiger partial charge in [-0.3, -0.25) is 4.79 Å². The zero-order chi connectivity index (χ0) is 8.15. The van der Waals surface area contributed by atoms with Crippen molar-refractivity contribution in [3.8, 4) is 0 Å². The highest BCUT2D eigenvalue weighted by Crippen LogP contribution is 2.05. The number of carbonyl (C=O) groups excluding carboxylic acids is 1. The first-order chi connectivity index (χ1) is 4.57. The van der Waals surface area contributed by atoms with Crippen LogP contribution in [0.2, 0.25) is 0 Å². The number of rotatable bonds is 3. The van der Waals surface area contributed by atoms with Crippen LogP contribution in [0.25, 0.3) is 0 Å². The third-order valence-corrected chi connectivity index (χ3v) is 1.17. The average Bonchev–Trinajstić information content (AvgIpc) is 1.87. The van der Waals surface area contributed by atoms with Crippen LogP contribution in [0.15, 0.2) is 23.9 Å². The second-order valence-electron chi connectivity index (χ2n) is 1.79. The van der Waals surface area contributed by atoms with E-state index < -0.39 is 0 Å². The van der Waals surface area contributed by atoms with Gasteiger partial charge in [-0.2, -0.15) is 0 Å². The Bertz CT molecular complexity index is 174. The number of allylic oxidation sites excluding steroid dienone is 1. The molecule has 0 heterocycles. The molecule has 2 nitrogen and oxygen atoms in total. The molecule has 10 heavy (non-hydrogen) atoms. The van der Waals surface area contributed by atoms with Crippen LogP contribution in [-0.2, 0) is 4.79 Å². The summed E-state index contributed by atoms with van der Waals surface area (Å²) in [5, 5.41) is 2.73. The molecule has 56 valence electrons. The third kappa shape index (κ3) is 3.30. The fraction of sp³-hybridized carbons (Fsp3) is 0.286. The van der Waals surface area contributed by atoms with E-state index in [1.54, 1.807) is 6.92 Å². The second-order valence-corrected chi connectivity index (χ2v) is 2.24. The maximum atomic E-state index is 10.7. The SMILES string of the molecule is C=C(Cl)C(=C)NC(=O)CC. The first-order valence-corrected chi connectivity index (χ1v) is 3.29. The summed E-state index contributed by atoms with van der Waals surface area (Å²) in [6.07, 6.45) is 0.420. The van der Waals surface area contributed by atoms with Crippen LogP contribution in [0.4, 0.5) is 0 Å². The Balaban J connectivity index is 3.80. The summed E-state index contributed by atoms with van der Waals surface area (Å²) >= 11 is 5.42. The molecule has 0 atom stereocenters. The Hall–Kier alpha value is -0.760. The zero-order valence-corrected chi connectivity index (χ0v) is 6.66. The van der Waals surface area contributed by atoms with E-state index in [0.717, 1.165) is 0 Å². The van der Waals surface area contributed by atoms with E-state index in [-0.39, 0.29) is 10.9 Å². The fourth-order valence-corrected chi connectivity index (χ4v) is 0.372. The molecule has 0 aromatic carbocycles. The summed E-state index contributed by atoms with van der Waals surface area (Å²) < 4.78 is 0. The van der Waals surface area contributed by atoms with Crippen LogP contribution in [0.3, 0.4) is 0 Å². The summed E-state index contributed by atoms with van der Waals surface area (Å²) in [4.78, 5) is 10.7. The van der Waals surface area contributed by atoms with E-state index in [4.69, 9.17) is 11.6 Å². The monoisotopic (exact) mass is 159 g/mol. The van der Waals surface area contributed by atoms with Crippen molar-refractivity contribution in [2.75, 3.05) is 0 Å². The maximum Gasteiger partial charge on any atom is 0.224 e. The number of amides is 1. The number of halogens is 1. The lowest BCUT2D eigenvalue weighted by molar-refractivity contribution is -0.120. The van der Waals surface area contributed by atoms with Crippen LogP contribution in [0, 0.1) is 0 Å². The summed E-state index contributed by atoms with van der Waals surface area (Å²) in [6.45, 7) is 8.62. The van der Waals surface area contributed by atoms with Gasteiger partial charge in [0.25, 0.3) is 0 Å². The topological polar surface area (TPSA) is 29.1 Å². The van der Waals surface area contributed by atoms with Gasteiger partial charge in [-0.15, -0.1) is 0 Å². The van der Waals surface area contributed by atoms with Crippen LogP contribution >= 0.6 is 11.6 Å². The Kier molecular flexibility index (Phi) is 3.81. The van der Waals surface area contributed by atoms with Crippen LogP contribution in [0.1, 0.15) is 13.3 Å². The number of hydrogen-bond acceptors (Lipinski definition) is 1. The third-order valence-electron chi connectivity index (χ3n) is 0.939. The van der Waals surface area contributed by atoms with Crippen molar-refractivity contribution in [1.82, 2.24) is 5.32 Å². The predicted octanol–water partition coefficient (Wildman–Crippen LogP) is 1.78. The molecule has 0 aliphatic rings. The van der Waals surface area contributed by atoms with Gasteiger partial charge in [-0.05, 0) is 0 Å². The van der Waals surface area contributed by atoms with Gasteiger partial charge in [-0.25, -0.2) is 0 Å². The smallest absolute Gasteiger partial charge is 0.224 e. The van der Waals surface area contributed by atoms with E-state index in [1.807, 2.05) is 0 Å². The molecule has 0 saturated carbocycles. The second kappa shape index (κ2) is 4.12. The van der Waals surface area contributed by atoms with Crippen molar-refractivity contribution in [2.24, 2.45) is 0 Å². The molecule has 3 heteroatoms.